The van der Waals surface area contributed by atoms with Gasteiger partial charge in [-0.15, -0.1) is 0 Å². The van der Waals surface area contributed by atoms with Crippen molar-refractivity contribution in [3.8, 4) is 17.0 Å². The zero-order chi connectivity index (χ0) is 16.3. The average molecular weight is 319 g/mol. The zero-order valence-electron chi connectivity index (χ0n) is 11.9. The Kier molecular flexibility index (Phi) is 4.06. The summed E-state index contributed by atoms with van der Waals surface area (Å²) in [7, 11) is 0. The van der Waals surface area contributed by atoms with Crippen molar-refractivity contribution in [2.75, 3.05) is 0 Å². The minimum absolute atomic E-state index is 0.0478. The van der Waals surface area contributed by atoms with Crippen molar-refractivity contribution in [2.24, 2.45) is 0 Å². The second-order valence-electron chi connectivity index (χ2n) is 4.86. The van der Waals surface area contributed by atoms with Gasteiger partial charge < -0.3 is 9.26 Å². The summed E-state index contributed by atoms with van der Waals surface area (Å²) in [5.41, 5.74) is 1.53. The van der Waals surface area contributed by atoms with E-state index in [-0.39, 0.29) is 12.4 Å². The standard InChI is InChI=1S/C17H12F3NO2/c18-17(19,20)14-3-1-2-4-16(14)22-11-12-5-7-13(8-6-12)15-9-10-23-21-15/h1-10H,11H2. The van der Waals surface area contributed by atoms with Crippen molar-refractivity contribution >= 4 is 0 Å². The van der Waals surface area contributed by atoms with Gasteiger partial charge in [0.2, 0.25) is 0 Å². The third-order valence-electron chi connectivity index (χ3n) is 3.27. The number of hydrogen-bond donors (Lipinski definition) is 0. The SMILES string of the molecule is FC(F)(F)c1ccccc1OCc1ccc(-c2ccon2)cc1. The summed E-state index contributed by atoms with van der Waals surface area (Å²) in [5, 5.41) is 3.82. The van der Waals surface area contributed by atoms with Crippen LogP contribution in [-0.2, 0) is 12.8 Å². The van der Waals surface area contributed by atoms with Crippen LogP contribution < -0.4 is 4.74 Å². The number of benzene rings is 2. The predicted molar refractivity (Wildman–Crippen MR) is 77.7 cm³/mol. The van der Waals surface area contributed by atoms with Gasteiger partial charge in [-0.2, -0.15) is 13.2 Å². The quantitative estimate of drug-likeness (QED) is 0.683. The Morgan fingerprint density at radius 2 is 1.70 bits per heavy atom. The number of ether oxygens (including phenoxy) is 1. The fourth-order valence-electron chi connectivity index (χ4n) is 2.12. The van der Waals surface area contributed by atoms with Crippen LogP contribution in [0.2, 0.25) is 0 Å². The van der Waals surface area contributed by atoms with Gasteiger partial charge in [0.05, 0.1) is 5.56 Å². The van der Waals surface area contributed by atoms with Gasteiger partial charge in [0, 0.05) is 11.6 Å². The van der Waals surface area contributed by atoms with Gasteiger partial charge >= 0.3 is 6.18 Å². The molecule has 0 saturated heterocycles. The average Bonchev–Trinajstić information content (AvgIpc) is 3.07. The molecule has 6 heteroatoms. The minimum Gasteiger partial charge on any atom is -0.488 e. The molecule has 3 rings (SSSR count). The fourth-order valence-corrected chi connectivity index (χ4v) is 2.12. The second kappa shape index (κ2) is 6.16. The van der Waals surface area contributed by atoms with E-state index in [0.717, 1.165) is 17.2 Å². The van der Waals surface area contributed by atoms with E-state index >= 15 is 0 Å². The van der Waals surface area contributed by atoms with E-state index in [1.165, 1.54) is 24.5 Å². The van der Waals surface area contributed by atoms with Crippen molar-refractivity contribution < 1.29 is 22.4 Å². The maximum absolute atomic E-state index is 12.9. The highest BCUT2D eigenvalue weighted by Crippen LogP contribution is 2.36. The summed E-state index contributed by atoms with van der Waals surface area (Å²) in [4.78, 5) is 0. The van der Waals surface area contributed by atoms with Crippen molar-refractivity contribution in [2.45, 2.75) is 12.8 Å². The molecule has 0 saturated carbocycles. The molecule has 23 heavy (non-hydrogen) atoms. The summed E-state index contributed by atoms with van der Waals surface area (Å²) in [6.07, 6.45) is -2.96. The molecule has 0 radical (unpaired) electrons. The molecule has 118 valence electrons. The first kappa shape index (κ1) is 15.1. The van der Waals surface area contributed by atoms with Crippen LogP contribution in [0, 0.1) is 0 Å². The molecular weight excluding hydrogens is 307 g/mol. The summed E-state index contributed by atoms with van der Waals surface area (Å²) in [5.74, 6) is -0.180. The topological polar surface area (TPSA) is 35.3 Å². The minimum atomic E-state index is -4.44. The van der Waals surface area contributed by atoms with E-state index in [2.05, 4.69) is 5.16 Å². The predicted octanol–water partition coefficient (Wildman–Crippen LogP) is 4.94. The lowest BCUT2D eigenvalue weighted by molar-refractivity contribution is -0.139. The molecule has 0 N–H and O–H groups in total. The van der Waals surface area contributed by atoms with Gasteiger partial charge in [-0.1, -0.05) is 41.6 Å². The molecular formula is C17H12F3NO2. The number of para-hydroxylation sites is 1. The van der Waals surface area contributed by atoms with E-state index in [9.17, 15) is 13.2 Å². The third kappa shape index (κ3) is 3.53. The van der Waals surface area contributed by atoms with Crippen LogP contribution in [0.25, 0.3) is 11.3 Å². The number of aromatic nitrogens is 1. The molecule has 1 heterocycles. The molecule has 0 bridgehead atoms. The Hall–Kier alpha value is -2.76. The Labute approximate surface area is 130 Å². The number of hydrogen-bond acceptors (Lipinski definition) is 3. The van der Waals surface area contributed by atoms with E-state index in [0.29, 0.717) is 5.69 Å². The largest absolute Gasteiger partial charge is 0.488 e. The summed E-state index contributed by atoms with van der Waals surface area (Å²) >= 11 is 0. The van der Waals surface area contributed by atoms with Crippen molar-refractivity contribution in [1.29, 1.82) is 0 Å². The van der Waals surface area contributed by atoms with Crippen molar-refractivity contribution in [1.82, 2.24) is 5.16 Å². The molecule has 0 unspecified atom stereocenters. The smallest absolute Gasteiger partial charge is 0.419 e. The van der Waals surface area contributed by atoms with Crippen LogP contribution in [-0.4, -0.2) is 5.16 Å². The first-order chi connectivity index (χ1) is 11.0. The lowest BCUT2D eigenvalue weighted by Gasteiger charge is -2.13. The summed E-state index contributed by atoms with van der Waals surface area (Å²) in [6.45, 7) is 0.0478. The van der Waals surface area contributed by atoms with E-state index in [4.69, 9.17) is 9.26 Å². The zero-order valence-corrected chi connectivity index (χ0v) is 11.9. The molecule has 0 fully saturated rings. The molecule has 3 aromatic rings. The summed E-state index contributed by atoms with van der Waals surface area (Å²) in [6, 6.07) is 14.1. The normalized spacial score (nSPS) is 11.4. The first-order valence-electron chi connectivity index (χ1n) is 6.83. The second-order valence-corrected chi connectivity index (χ2v) is 4.86. The maximum atomic E-state index is 12.9. The molecule has 0 aliphatic carbocycles. The third-order valence-corrected chi connectivity index (χ3v) is 3.27. The van der Waals surface area contributed by atoms with Crippen LogP contribution in [0.4, 0.5) is 13.2 Å². The Morgan fingerprint density at radius 3 is 2.35 bits per heavy atom. The van der Waals surface area contributed by atoms with E-state index in [1.807, 2.05) is 12.1 Å². The van der Waals surface area contributed by atoms with Crippen molar-refractivity contribution in [3.05, 3.63) is 72.0 Å². The van der Waals surface area contributed by atoms with Gasteiger partial charge in [-0.3, -0.25) is 0 Å². The van der Waals surface area contributed by atoms with E-state index < -0.39 is 11.7 Å². The highest BCUT2D eigenvalue weighted by atomic mass is 19.4. The maximum Gasteiger partial charge on any atom is 0.419 e. The van der Waals surface area contributed by atoms with Gasteiger partial charge in [0.1, 0.15) is 24.3 Å². The highest BCUT2D eigenvalue weighted by Gasteiger charge is 2.33. The highest BCUT2D eigenvalue weighted by molar-refractivity contribution is 5.58. The molecule has 0 atom stereocenters. The van der Waals surface area contributed by atoms with Crippen LogP contribution in [0.3, 0.4) is 0 Å². The van der Waals surface area contributed by atoms with Crippen molar-refractivity contribution in [3.63, 3.8) is 0 Å². The Morgan fingerprint density at radius 1 is 0.957 bits per heavy atom. The summed E-state index contributed by atoms with van der Waals surface area (Å²) < 4.78 is 48.8. The Bertz CT molecular complexity index is 765. The van der Waals surface area contributed by atoms with Gasteiger partial charge in [-0.25, -0.2) is 0 Å². The number of rotatable bonds is 4. The molecule has 2 aromatic carbocycles. The van der Waals surface area contributed by atoms with Crippen LogP contribution in [0.1, 0.15) is 11.1 Å². The Balaban J connectivity index is 1.72. The van der Waals surface area contributed by atoms with Gasteiger partial charge in [-0.05, 0) is 17.7 Å². The molecule has 3 nitrogen and oxygen atoms in total. The molecule has 0 aliphatic rings. The molecule has 0 aliphatic heterocycles. The fraction of sp³-hybridized carbons (Fsp3) is 0.118. The van der Waals surface area contributed by atoms with Crippen LogP contribution in [0.15, 0.2) is 65.4 Å². The molecule has 0 spiro atoms. The number of nitrogens with zero attached hydrogens (tertiary/aromatic N) is 1. The first-order valence-corrected chi connectivity index (χ1v) is 6.83. The van der Waals surface area contributed by atoms with E-state index in [1.54, 1.807) is 18.2 Å². The van der Waals surface area contributed by atoms with Crippen LogP contribution >= 0.6 is 0 Å². The number of halogens is 3. The lowest BCUT2D eigenvalue weighted by atomic mass is 10.1. The van der Waals surface area contributed by atoms with Gasteiger partial charge in [0.25, 0.3) is 0 Å². The van der Waals surface area contributed by atoms with Gasteiger partial charge in [0.15, 0.2) is 0 Å². The van der Waals surface area contributed by atoms with Crippen LogP contribution in [0.5, 0.6) is 5.75 Å². The number of alkyl halides is 3. The monoisotopic (exact) mass is 319 g/mol. The molecule has 0 amide bonds. The lowest BCUT2D eigenvalue weighted by Crippen LogP contribution is -2.08. The molecule has 1 aromatic heterocycles.